The second-order valence-electron chi connectivity index (χ2n) is 6.70. The Kier molecular flexibility index (Phi) is 5.02. The van der Waals surface area contributed by atoms with Crippen LogP contribution in [0.4, 0.5) is 0 Å². The minimum atomic E-state index is -0.144. The molecule has 0 aliphatic rings. The van der Waals surface area contributed by atoms with E-state index in [0.29, 0.717) is 28.3 Å². The minimum Gasteiger partial charge on any atom is -0.497 e. The fourth-order valence-corrected chi connectivity index (χ4v) is 4.12. The zero-order valence-corrected chi connectivity index (χ0v) is 16.7. The van der Waals surface area contributed by atoms with Crippen LogP contribution in [-0.2, 0) is 6.54 Å². The van der Waals surface area contributed by atoms with Gasteiger partial charge < -0.3 is 14.1 Å². The van der Waals surface area contributed by atoms with Crippen LogP contribution in [0.15, 0.2) is 57.3 Å². The summed E-state index contributed by atoms with van der Waals surface area (Å²) in [6.07, 6.45) is 1.60. The predicted octanol–water partition coefficient (Wildman–Crippen LogP) is 4.45. The maximum absolute atomic E-state index is 12.8. The third kappa shape index (κ3) is 3.46. The van der Waals surface area contributed by atoms with Crippen molar-refractivity contribution in [3.63, 3.8) is 0 Å². The fraction of sp³-hybridized carbons (Fsp3) is 0.238. The highest BCUT2D eigenvalue weighted by molar-refractivity contribution is 7.17. The number of furan rings is 1. The number of hydrogen-bond acceptors (Lipinski definition) is 6. The molecule has 0 amide bonds. The Bertz CT molecular complexity index is 1150. The van der Waals surface area contributed by atoms with E-state index in [-0.39, 0.29) is 11.6 Å². The van der Waals surface area contributed by atoms with Gasteiger partial charge in [-0.15, -0.1) is 11.3 Å². The number of hydrogen-bond donors (Lipinski definition) is 1. The molecule has 0 spiro atoms. The monoisotopic (exact) mass is 395 g/mol. The summed E-state index contributed by atoms with van der Waals surface area (Å²) >= 11 is 1.45. The molecule has 0 fully saturated rings. The van der Waals surface area contributed by atoms with Crippen molar-refractivity contribution in [3.05, 3.63) is 69.8 Å². The SMILES string of the molecule is COc1cccc(CN(C)C(C)c2nc3scc(-c4ccco4)c3c(=O)[nH]2)c1. The maximum atomic E-state index is 12.8. The number of aromatic amines is 1. The number of rotatable bonds is 6. The van der Waals surface area contributed by atoms with E-state index < -0.39 is 0 Å². The molecule has 0 aliphatic heterocycles. The Balaban J connectivity index is 1.62. The molecule has 6 nitrogen and oxygen atoms in total. The summed E-state index contributed by atoms with van der Waals surface area (Å²) in [5.41, 5.74) is 1.77. The molecule has 0 saturated heterocycles. The van der Waals surface area contributed by atoms with E-state index in [1.165, 1.54) is 11.3 Å². The summed E-state index contributed by atoms with van der Waals surface area (Å²) < 4.78 is 10.7. The van der Waals surface area contributed by atoms with Crippen molar-refractivity contribution in [3.8, 4) is 17.1 Å². The van der Waals surface area contributed by atoms with E-state index in [2.05, 4.69) is 16.0 Å². The Hall–Kier alpha value is -2.90. The van der Waals surface area contributed by atoms with Gasteiger partial charge in [-0.3, -0.25) is 9.69 Å². The first-order valence-corrected chi connectivity index (χ1v) is 9.83. The van der Waals surface area contributed by atoms with Gasteiger partial charge in [0.25, 0.3) is 5.56 Å². The molecular formula is C21H21N3O3S. The van der Waals surface area contributed by atoms with Gasteiger partial charge in [-0.05, 0) is 43.8 Å². The molecule has 144 valence electrons. The molecular weight excluding hydrogens is 374 g/mol. The van der Waals surface area contributed by atoms with E-state index in [1.54, 1.807) is 13.4 Å². The summed E-state index contributed by atoms with van der Waals surface area (Å²) in [5.74, 6) is 2.15. The number of methoxy groups -OCH3 is 1. The average molecular weight is 395 g/mol. The lowest BCUT2D eigenvalue weighted by molar-refractivity contribution is 0.243. The Morgan fingerprint density at radius 2 is 2.18 bits per heavy atom. The number of benzene rings is 1. The molecule has 28 heavy (non-hydrogen) atoms. The molecule has 0 aliphatic carbocycles. The van der Waals surface area contributed by atoms with Crippen LogP contribution in [-0.4, -0.2) is 29.0 Å². The molecule has 1 N–H and O–H groups in total. The normalized spacial score (nSPS) is 12.6. The lowest BCUT2D eigenvalue weighted by Crippen LogP contribution is -2.25. The minimum absolute atomic E-state index is 0.0579. The van der Waals surface area contributed by atoms with Crippen LogP contribution in [0.25, 0.3) is 21.5 Å². The van der Waals surface area contributed by atoms with Gasteiger partial charge in [0, 0.05) is 17.5 Å². The van der Waals surface area contributed by atoms with Crippen molar-refractivity contribution in [2.45, 2.75) is 19.5 Å². The Morgan fingerprint density at radius 1 is 1.32 bits per heavy atom. The number of fused-ring (bicyclic) bond motifs is 1. The zero-order chi connectivity index (χ0) is 19.7. The molecule has 1 unspecified atom stereocenters. The van der Waals surface area contributed by atoms with Gasteiger partial charge in [0.2, 0.25) is 0 Å². The van der Waals surface area contributed by atoms with Gasteiger partial charge in [0.1, 0.15) is 22.2 Å². The summed E-state index contributed by atoms with van der Waals surface area (Å²) in [4.78, 5) is 23.3. The predicted molar refractivity (Wildman–Crippen MR) is 111 cm³/mol. The smallest absolute Gasteiger partial charge is 0.260 e. The van der Waals surface area contributed by atoms with Crippen LogP contribution in [0, 0.1) is 0 Å². The van der Waals surface area contributed by atoms with Crippen molar-refractivity contribution in [1.29, 1.82) is 0 Å². The van der Waals surface area contributed by atoms with E-state index in [9.17, 15) is 4.79 Å². The number of thiophene rings is 1. The number of aromatic nitrogens is 2. The molecule has 3 heterocycles. The van der Waals surface area contributed by atoms with Gasteiger partial charge in [-0.25, -0.2) is 4.98 Å². The standard InChI is InChI=1S/C21H21N3O3S/c1-13(24(2)11-14-6-4-7-15(10-14)26-3)19-22-20(25)18-16(12-28-21(18)23-19)17-8-5-9-27-17/h4-10,12-13H,11H2,1-3H3,(H,22,23,25). The molecule has 3 aromatic heterocycles. The van der Waals surface area contributed by atoms with Crippen LogP contribution in [0.3, 0.4) is 0 Å². The molecule has 1 aromatic carbocycles. The second-order valence-corrected chi connectivity index (χ2v) is 7.56. The van der Waals surface area contributed by atoms with Crippen molar-refractivity contribution in [2.75, 3.05) is 14.2 Å². The van der Waals surface area contributed by atoms with Crippen LogP contribution in [0.1, 0.15) is 24.4 Å². The topological polar surface area (TPSA) is 71.4 Å². The molecule has 0 radical (unpaired) electrons. The van der Waals surface area contributed by atoms with Crippen LogP contribution in [0.2, 0.25) is 0 Å². The summed E-state index contributed by atoms with van der Waals surface area (Å²) in [7, 11) is 3.67. The highest BCUT2D eigenvalue weighted by atomic mass is 32.1. The van der Waals surface area contributed by atoms with Gasteiger partial charge in [0.05, 0.1) is 24.8 Å². The summed E-state index contributed by atoms with van der Waals surface area (Å²) in [5, 5.41) is 2.49. The quantitative estimate of drug-likeness (QED) is 0.522. The Morgan fingerprint density at radius 3 is 2.93 bits per heavy atom. The van der Waals surface area contributed by atoms with Gasteiger partial charge in [-0.2, -0.15) is 0 Å². The lowest BCUT2D eigenvalue weighted by atomic mass is 10.1. The summed E-state index contributed by atoms with van der Waals surface area (Å²) in [6.45, 7) is 2.74. The number of nitrogens with zero attached hydrogens (tertiary/aromatic N) is 2. The molecule has 4 rings (SSSR count). The van der Waals surface area contributed by atoms with Gasteiger partial charge in [-0.1, -0.05) is 12.1 Å². The van der Waals surface area contributed by atoms with E-state index in [4.69, 9.17) is 14.1 Å². The van der Waals surface area contributed by atoms with Crippen molar-refractivity contribution >= 4 is 21.6 Å². The third-order valence-electron chi connectivity index (χ3n) is 4.87. The van der Waals surface area contributed by atoms with E-state index >= 15 is 0 Å². The highest BCUT2D eigenvalue weighted by Crippen LogP contribution is 2.31. The first kappa shape index (κ1) is 18.5. The molecule has 7 heteroatoms. The van der Waals surface area contributed by atoms with Crippen molar-refractivity contribution < 1.29 is 9.15 Å². The first-order valence-electron chi connectivity index (χ1n) is 8.95. The number of H-pyrrole nitrogens is 1. The lowest BCUT2D eigenvalue weighted by Gasteiger charge is -2.24. The largest absolute Gasteiger partial charge is 0.497 e. The van der Waals surface area contributed by atoms with Crippen molar-refractivity contribution in [1.82, 2.24) is 14.9 Å². The average Bonchev–Trinajstić information content (AvgIpc) is 3.37. The molecule has 1 atom stereocenters. The molecule has 4 aromatic rings. The van der Waals surface area contributed by atoms with Gasteiger partial charge in [0.15, 0.2) is 0 Å². The van der Waals surface area contributed by atoms with Crippen molar-refractivity contribution in [2.24, 2.45) is 0 Å². The second kappa shape index (κ2) is 7.61. The van der Waals surface area contributed by atoms with Crippen LogP contribution in [0.5, 0.6) is 5.75 Å². The first-order chi connectivity index (χ1) is 13.6. The number of nitrogens with one attached hydrogen (secondary N) is 1. The van der Waals surface area contributed by atoms with E-state index in [1.807, 2.05) is 49.7 Å². The zero-order valence-electron chi connectivity index (χ0n) is 15.9. The molecule has 0 bridgehead atoms. The summed E-state index contributed by atoms with van der Waals surface area (Å²) in [6, 6.07) is 11.6. The maximum Gasteiger partial charge on any atom is 0.260 e. The third-order valence-corrected chi connectivity index (χ3v) is 5.74. The van der Waals surface area contributed by atoms with E-state index in [0.717, 1.165) is 16.9 Å². The van der Waals surface area contributed by atoms with Gasteiger partial charge >= 0.3 is 0 Å². The molecule has 0 saturated carbocycles. The van der Waals surface area contributed by atoms with Crippen LogP contribution >= 0.6 is 11.3 Å². The van der Waals surface area contributed by atoms with Crippen LogP contribution < -0.4 is 10.3 Å². The highest BCUT2D eigenvalue weighted by Gasteiger charge is 2.19. The number of ether oxygens (including phenoxy) is 1. The Labute approximate surface area is 166 Å². The fourth-order valence-electron chi connectivity index (χ4n) is 3.18.